The third-order valence-corrected chi connectivity index (χ3v) is 6.17. The summed E-state index contributed by atoms with van der Waals surface area (Å²) in [5, 5.41) is 13.1. The Hall–Kier alpha value is -3.03. The molecule has 1 unspecified atom stereocenters. The van der Waals surface area contributed by atoms with Crippen LogP contribution in [-0.4, -0.2) is 44.6 Å². The van der Waals surface area contributed by atoms with E-state index in [1.807, 2.05) is 30.3 Å². The van der Waals surface area contributed by atoms with Gasteiger partial charge in [0.2, 0.25) is 0 Å². The van der Waals surface area contributed by atoms with Crippen LogP contribution in [0.25, 0.3) is 0 Å². The third-order valence-electron chi connectivity index (χ3n) is 5.34. The van der Waals surface area contributed by atoms with Crippen LogP contribution < -0.4 is 5.32 Å². The van der Waals surface area contributed by atoms with Crippen molar-refractivity contribution in [1.82, 2.24) is 20.2 Å². The van der Waals surface area contributed by atoms with E-state index in [0.717, 1.165) is 11.3 Å². The molecule has 2 aromatic carbocycles. The average Bonchev–Trinajstić information content (AvgIpc) is 3.24. The number of halogens is 2. The van der Waals surface area contributed by atoms with E-state index < -0.39 is 24.1 Å². The second kappa shape index (κ2) is 8.99. The number of rotatable bonds is 5. The van der Waals surface area contributed by atoms with Crippen LogP contribution in [0.1, 0.15) is 28.6 Å². The molecule has 2 amide bonds. The zero-order chi connectivity index (χ0) is 22.0. The number of nitrogens with one attached hydrogen (secondary N) is 2. The number of aliphatic carboxylic acids is 1. The molecule has 9 heteroatoms. The summed E-state index contributed by atoms with van der Waals surface area (Å²) in [5.74, 6) is -1.10. The van der Waals surface area contributed by atoms with Crippen LogP contribution in [0.5, 0.6) is 0 Å². The van der Waals surface area contributed by atoms with Gasteiger partial charge >= 0.3 is 12.0 Å². The van der Waals surface area contributed by atoms with E-state index in [2.05, 4.69) is 15.3 Å². The van der Waals surface area contributed by atoms with Crippen molar-refractivity contribution in [2.24, 2.45) is 0 Å². The summed E-state index contributed by atoms with van der Waals surface area (Å²) in [7, 11) is 0. The van der Waals surface area contributed by atoms with Gasteiger partial charge in [-0.2, -0.15) is 0 Å². The van der Waals surface area contributed by atoms with Crippen molar-refractivity contribution in [2.75, 3.05) is 6.54 Å². The number of hydrogen-bond donors (Lipinski definition) is 3. The maximum absolute atomic E-state index is 13.3. The number of carbonyl (C=O) groups excluding carboxylic acids is 1. The van der Waals surface area contributed by atoms with Crippen LogP contribution in [0, 0.1) is 0 Å². The van der Waals surface area contributed by atoms with Crippen LogP contribution in [-0.2, 0) is 17.6 Å². The molecule has 0 aliphatic carbocycles. The van der Waals surface area contributed by atoms with E-state index >= 15 is 0 Å². The van der Waals surface area contributed by atoms with Gasteiger partial charge in [0.15, 0.2) is 0 Å². The quantitative estimate of drug-likeness (QED) is 0.536. The van der Waals surface area contributed by atoms with E-state index in [9.17, 15) is 14.7 Å². The molecule has 1 aliphatic heterocycles. The van der Waals surface area contributed by atoms with E-state index in [4.69, 9.17) is 23.2 Å². The molecule has 0 saturated heterocycles. The molecule has 4 rings (SSSR count). The van der Waals surface area contributed by atoms with Crippen LogP contribution in [0.2, 0.25) is 10.0 Å². The normalized spacial score (nSPS) is 16.5. The first-order chi connectivity index (χ1) is 15.0. The number of amides is 2. The molecule has 7 nitrogen and oxygen atoms in total. The largest absolute Gasteiger partial charge is 0.480 e. The number of hydrogen-bond acceptors (Lipinski definition) is 3. The second-order valence-corrected chi connectivity index (χ2v) is 8.07. The Balaban J connectivity index is 1.64. The molecule has 0 fully saturated rings. The van der Waals surface area contributed by atoms with Crippen molar-refractivity contribution in [3.63, 3.8) is 0 Å². The molecule has 3 N–H and O–H groups in total. The van der Waals surface area contributed by atoms with E-state index in [-0.39, 0.29) is 6.42 Å². The topological polar surface area (TPSA) is 98.3 Å². The van der Waals surface area contributed by atoms with E-state index in [1.165, 1.54) is 0 Å². The number of benzene rings is 2. The summed E-state index contributed by atoms with van der Waals surface area (Å²) in [5.41, 5.74) is 3.02. The van der Waals surface area contributed by atoms with E-state index in [1.54, 1.807) is 29.4 Å². The van der Waals surface area contributed by atoms with Crippen molar-refractivity contribution >= 4 is 35.2 Å². The number of carbonyl (C=O) groups is 2. The summed E-state index contributed by atoms with van der Waals surface area (Å²) in [6.07, 6.45) is 2.31. The molecular formula is C22H20Cl2N4O3. The lowest BCUT2D eigenvalue weighted by Gasteiger charge is -2.36. The van der Waals surface area contributed by atoms with E-state index in [0.29, 0.717) is 34.3 Å². The first-order valence-electron chi connectivity index (χ1n) is 9.75. The summed E-state index contributed by atoms with van der Waals surface area (Å²) < 4.78 is 0. The Labute approximate surface area is 189 Å². The van der Waals surface area contributed by atoms with Crippen molar-refractivity contribution in [3.8, 4) is 0 Å². The second-order valence-electron chi connectivity index (χ2n) is 7.29. The average molecular weight is 459 g/mol. The van der Waals surface area contributed by atoms with Gasteiger partial charge < -0.3 is 20.3 Å². The Morgan fingerprint density at radius 3 is 2.71 bits per heavy atom. The number of imidazole rings is 1. The summed E-state index contributed by atoms with van der Waals surface area (Å²) in [6.45, 7) is 0.367. The monoisotopic (exact) mass is 458 g/mol. The SMILES string of the molecule is O=C(O)[C@@H](Cc1ccccc1)NC(=O)N1CCc2[nH]cnc2C1c1cccc(Cl)c1Cl. The molecule has 160 valence electrons. The molecule has 0 saturated carbocycles. The molecular weight excluding hydrogens is 439 g/mol. The summed E-state index contributed by atoms with van der Waals surface area (Å²) in [4.78, 5) is 34.2. The molecule has 2 heterocycles. The fourth-order valence-corrected chi connectivity index (χ4v) is 4.24. The Morgan fingerprint density at radius 1 is 1.19 bits per heavy atom. The smallest absolute Gasteiger partial charge is 0.326 e. The lowest BCUT2D eigenvalue weighted by Crippen LogP contribution is -2.51. The molecule has 0 radical (unpaired) electrons. The number of fused-ring (bicyclic) bond motifs is 1. The summed E-state index contributed by atoms with van der Waals surface area (Å²) in [6, 6.07) is 12.2. The maximum atomic E-state index is 13.3. The number of carboxylic acid groups (broad SMARTS) is 1. The van der Waals surface area contributed by atoms with Gasteiger partial charge in [-0.25, -0.2) is 14.6 Å². The van der Waals surface area contributed by atoms with Gasteiger partial charge in [-0.15, -0.1) is 0 Å². The number of carboxylic acids is 1. The molecule has 3 aromatic rings. The van der Waals surface area contributed by atoms with Gasteiger partial charge in [0.05, 0.1) is 22.1 Å². The summed E-state index contributed by atoms with van der Waals surface area (Å²) >= 11 is 12.7. The standard InChI is InChI=1S/C22H20Cl2N4O3/c23-15-8-4-7-14(18(15)24)20-19-16(25-12-26-19)9-10-28(20)22(31)27-17(21(29)30)11-13-5-2-1-3-6-13/h1-8,12,17,20H,9-11H2,(H,25,26)(H,27,31)(H,29,30)/t17-,20?/m1/s1. The zero-order valence-electron chi connectivity index (χ0n) is 16.4. The maximum Gasteiger partial charge on any atom is 0.326 e. The minimum Gasteiger partial charge on any atom is -0.480 e. The minimum atomic E-state index is -1.10. The predicted octanol–water partition coefficient (Wildman–Crippen LogP) is 4.07. The highest BCUT2D eigenvalue weighted by Crippen LogP contribution is 2.39. The third kappa shape index (κ3) is 4.38. The molecule has 31 heavy (non-hydrogen) atoms. The van der Waals surface area contributed by atoms with Crippen LogP contribution in [0.3, 0.4) is 0 Å². The number of nitrogens with zero attached hydrogens (tertiary/aromatic N) is 2. The highest BCUT2D eigenvalue weighted by molar-refractivity contribution is 6.42. The van der Waals surface area contributed by atoms with Crippen molar-refractivity contribution in [3.05, 3.63) is 87.4 Å². The fraction of sp³-hybridized carbons (Fsp3) is 0.227. The lowest BCUT2D eigenvalue weighted by atomic mass is 9.95. The Morgan fingerprint density at radius 2 is 1.97 bits per heavy atom. The molecule has 1 aromatic heterocycles. The molecule has 2 atom stereocenters. The molecule has 1 aliphatic rings. The number of H-pyrrole nitrogens is 1. The van der Waals surface area contributed by atoms with Crippen molar-refractivity contribution < 1.29 is 14.7 Å². The number of aromatic amines is 1. The molecule has 0 spiro atoms. The van der Waals surface area contributed by atoms with Gasteiger partial charge in [-0.1, -0.05) is 65.7 Å². The Kier molecular flexibility index (Phi) is 6.15. The van der Waals surface area contributed by atoms with Crippen LogP contribution >= 0.6 is 23.2 Å². The Bertz CT molecular complexity index is 1100. The predicted molar refractivity (Wildman–Crippen MR) is 117 cm³/mol. The fourth-order valence-electron chi connectivity index (χ4n) is 3.82. The van der Waals surface area contributed by atoms with Gasteiger partial charge in [-0.3, -0.25) is 0 Å². The number of urea groups is 1. The van der Waals surface area contributed by atoms with Gasteiger partial charge in [0.25, 0.3) is 0 Å². The lowest BCUT2D eigenvalue weighted by molar-refractivity contribution is -0.139. The van der Waals surface area contributed by atoms with Gasteiger partial charge in [-0.05, 0) is 11.6 Å². The molecule has 0 bridgehead atoms. The first kappa shape index (κ1) is 21.2. The first-order valence-corrected chi connectivity index (χ1v) is 10.5. The van der Waals surface area contributed by atoms with Crippen LogP contribution in [0.15, 0.2) is 54.9 Å². The zero-order valence-corrected chi connectivity index (χ0v) is 17.9. The van der Waals surface area contributed by atoms with Crippen molar-refractivity contribution in [2.45, 2.75) is 24.9 Å². The van der Waals surface area contributed by atoms with Crippen molar-refractivity contribution in [1.29, 1.82) is 0 Å². The van der Waals surface area contributed by atoms with Crippen LogP contribution in [0.4, 0.5) is 4.79 Å². The minimum absolute atomic E-state index is 0.173. The highest BCUT2D eigenvalue weighted by Gasteiger charge is 2.37. The van der Waals surface area contributed by atoms with Gasteiger partial charge in [0.1, 0.15) is 12.1 Å². The highest BCUT2D eigenvalue weighted by atomic mass is 35.5. The number of aromatic nitrogens is 2. The van der Waals surface area contributed by atoms with Gasteiger partial charge in [0, 0.05) is 30.6 Å².